The number of rotatable bonds is 8. The molecule has 1 amide bonds. The molecule has 1 aromatic heterocycles. The Labute approximate surface area is 144 Å². The summed E-state index contributed by atoms with van der Waals surface area (Å²) >= 11 is 0. The van der Waals surface area contributed by atoms with Crippen molar-refractivity contribution in [1.82, 2.24) is 9.62 Å². The third-order valence-electron chi connectivity index (χ3n) is 4.26. The quantitative estimate of drug-likeness (QED) is 0.776. The summed E-state index contributed by atoms with van der Waals surface area (Å²) in [4.78, 5) is 12.2. The molecule has 0 saturated carbocycles. The van der Waals surface area contributed by atoms with Crippen molar-refractivity contribution >= 4 is 15.9 Å². The number of amides is 1. The van der Waals surface area contributed by atoms with Gasteiger partial charge in [0, 0.05) is 19.1 Å². The zero-order valence-electron chi connectivity index (χ0n) is 14.7. The Morgan fingerprint density at radius 3 is 2.50 bits per heavy atom. The lowest BCUT2D eigenvalue weighted by atomic mass is 10.0. The molecule has 0 aromatic carbocycles. The lowest BCUT2D eigenvalue weighted by Gasteiger charge is -2.14. The van der Waals surface area contributed by atoms with Crippen LogP contribution in [0.1, 0.15) is 63.4 Å². The number of furan rings is 1. The van der Waals surface area contributed by atoms with Crippen LogP contribution in [0.3, 0.4) is 0 Å². The number of carbonyl (C=O) groups excluding carboxylic acids is 1. The van der Waals surface area contributed by atoms with E-state index in [1.54, 1.807) is 0 Å². The fraction of sp³-hybridized carbons (Fsp3) is 0.706. The summed E-state index contributed by atoms with van der Waals surface area (Å²) in [6, 6.07) is 2.82. The van der Waals surface area contributed by atoms with Gasteiger partial charge in [-0.2, -0.15) is 4.31 Å². The Morgan fingerprint density at radius 2 is 1.88 bits per heavy atom. The summed E-state index contributed by atoms with van der Waals surface area (Å²) < 4.78 is 31.5. The average molecular weight is 356 g/mol. The molecule has 1 aromatic rings. The molecule has 24 heavy (non-hydrogen) atoms. The van der Waals surface area contributed by atoms with Gasteiger partial charge in [0.05, 0.1) is 0 Å². The third-order valence-corrected chi connectivity index (χ3v) is 6.03. The number of carbonyl (C=O) groups is 1. The molecule has 1 saturated heterocycles. The van der Waals surface area contributed by atoms with Crippen LogP contribution in [0.25, 0.3) is 0 Å². The Balaban J connectivity index is 1.93. The first-order valence-corrected chi connectivity index (χ1v) is 10.2. The molecular weight excluding hydrogens is 328 g/mol. The first-order chi connectivity index (χ1) is 11.3. The number of nitrogens with one attached hydrogen (secondary N) is 1. The molecule has 1 aliphatic heterocycles. The molecule has 1 fully saturated rings. The second kappa shape index (κ2) is 8.16. The maximum atomic E-state index is 12.4. The lowest BCUT2D eigenvalue weighted by molar-refractivity contribution is 0.0904. The molecule has 0 radical (unpaired) electrons. The number of nitrogens with zero attached hydrogens (tertiary/aromatic N) is 1. The van der Waals surface area contributed by atoms with Gasteiger partial charge < -0.3 is 9.73 Å². The minimum Gasteiger partial charge on any atom is -0.438 e. The largest absolute Gasteiger partial charge is 0.438 e. The van der Waals surface area contributed by atoms with E-state index in [0.717, 1.165) is 32.1 Å². The van der Waals surface area contributed by atoms with E-state index >= 15 is 0 Å². The number of hydrogen-bond acceptors (Lipinski definition) is 4. The molecule has 2 rings (SSSR count). The molecule has 1 aliphatic rings. The van der Waals surface area contributed by atoms with Gasteiger partial charge in [0.25, 0.3) is 15.9 Å². The van der Waals surface area contributed by atoms with Gasteiger partial charge in [-0.3, -0.25) is 4.79 Å². The van der Waals surface area contributed by atoms with Crippen molar-refractivity contribution in [3.05, 3.63) is 17.9 Å². The summed E-state index contributed by atoms with van der Waals surface area (Å²) in [7, 11) is -3.62. The second-order valence-electron chi connectivity index (χ2n) is 6.93. The zero-order chi connectivity index (χ0) is 17.7. The molecule has 0 unspecified atom stereocenters. The van der Waals surface area contributed by atoms with Crippen molar-refractivity contribution in [2.24, 2.45) is 5.92 Å². The topological polar surface area (TPSA) is 79.6 Å². The predicted molar refractivity (Wildman–Crippen MR) is 92.3 cm³/mol. The standard InChI is InChI=1S/C17H28N2O4S/c1-13(2)7-6-8-14(3)18-17(20)15-9-10-16(23-15)24(21,22)19-11-4-5-12-19/h9-10,13-14H,4-8,11-12H2,1-3H3,(H,18,20)/t14-/m1/s1. The van der Waals surface area contributed by atoms with E-state index in [2.05, 4.69) is 19.2 Å². The predicted octanol–water partition coefficient (Wildman–Crippen LogP) is 3.01. The molecule has 6 nitrogen and oxygen atoms in total. The highest BCUT2D eigenvalue weighted by atomic mass is 32.2. The molecule has 136 valence electrons. The summed E-state index contributed by atoms with van der Waals surface area (Å²) in [6.07, 6.45) is 4.79. The summed E-state index contributed by atoms with van der Waals surface area (Å²) in [5, 5.41) is 2.71. The highest BCUT2D eigenvalue weighted by Crippen LogP contribution is 2.22. The van der Waals surface area contributed by atoms with Crippen LogP contribution >= 0.6 is 0 Å². The van der Waals surface area contributed by atoms with Crippen LogP contribution < -0.4 is 5.32 Å². The van der Waals surface area contributed by atoms with Crippen molar-refractivity contribution in [2.75, 3.05) is 13.1 Å². The van der Waals surface area contributed by atoms with E-state index in [0.29, 0.717) is 19.0 Å². The summed E-state index contributed by atoms with van der Waals surface area (Å²) in [5.74, 6) is 0.328. The van der Waals surface area contributed by atoms with Gasteiger partial charge in [0.1, 0.15) is 0 Å². The molecule has 2 heterocycles. The molecule has 7 heteroatoms. The van der Waals surface area contributed by atoms with Crippen LogP contribution in [0.4, 0.5) is 0 Å². The van der Waals surface area contributed by atoms with E-state index < -0.39 is 10.0 Å². The Bertz CT molecular complexity index is 645. The molecule has 0 bridgehead atoms. The van der Waals surface area contributed by atoms with Crippen molar-refractivity contribution in [3.8, 4) is 0 Å². The van der Waals surface area contributed by atoms with Gasteiger partial charge in [-0.25, -0.2) is 8.42 Å². The third kappa shape index (κ3) is 4.83. The molecular formula is C17H28N2O4S. The van der Waals surface area contributed by atoms with Gasteiger partial charge in [-0.15, -0.1) is 0 Å². The SMILES string of the molecule is CC(C)CCC[C@@H](C)NC(=O)c1ccc(S(=O)(=O)N2CCCC2)o1. The molecule has 1 atom stereocenters. The average Bonchev–Trinajstić information content (AvgIpc) is 3.19. The van der Waals surface area contributed by atoms with Gasteiger partial charge in [-0.1, -0.05) is 26.7 Å². The van der Waals surface area contributed by atoms with Crippen molar-refractivity contribution in [1.29, 1.82) is 0 Å². The summed E-state index contributed by atoms with van der Waals surface area (Å²) in [6.45, 7) is 7.32. The van der Waals surface area contributed by atoms with Crippen LogP contribution in [-0.2, 0) is 10.0 Å². The van der Waals surface area contributed by atoms with Crippen molar-refractivity contribution < 1.29 is 17.6 Å². The molecule has 0 spiro atoms. The van der Waals surface area contributed by atoms with Crippen molar-refractivity contribution in [3.63, 3.8) is 0 Å². The van der Waals surface area contributed by atoms with E-state index in [1.807, 2.05) is 6.92 Å². The lowest BCUT2D eigenvalue weighted by Crippen LogP contribution is -2.32. The fourth-order valence-corrected chi connectivity index (χ4v) is 4.26. The molecule has 0 aliphatic carbocycles. The van der Waals surface area contributed by atoms with Crippen LogP contribution in [0, 0.1) is 5.92 Å². The second-order valence-corrected chi connectivity index (χ2v) is 8.80. The Kier molecular flexibility index (Phi) is 6.46. The van der Waals surface area contributed by atoms with E-state index in [1.165, 1.54) is 16.4 Å². The Hall–Kier alpha value is -1.34. The normalized spacial score (nSPS) is 17.3. The van der Waals surface area contributed by atoms with E-state index in [4.69, 9.17) is 4.42 Å². The number of sulfonamides is 1. The van der Waals surface area contributed by atoms with Crippen LogP contribution in [0.15, 0.2) is 21.6 Å². The van der Waals surface area contributed by atoms with Gasteiger partial charge >= 0.3 is 0 Å². The van der Waals surface area contributed by atoms with Crippen LogP contribution in [0.5, 0.6) is 0 Å². The maximum absolute atomic E-state index is 12.4. The first-order valence-electron chi connectivity index (χ1n) is 8.71. The highest BCUT2D eigenvalue weighted by Gasteiger charge is 2.30. The maximum Gasteiger partial charge on any atom is 0.287 e. The van der Waals surface area contributed by atoms with Crippen LogP contribution in [0.2, 0.25) is 0 Å². The summed E-state index contributed by atoms with van der Waals surface area (Å²) in [5.41, 5.74) is 0. The first kappa shape index (κ1) is 19.0. The van der Waals surface area contributed by atoms with Gasteiger partial charge in [0.2, 0.25) is 5.09 Å². The minimum atomic E-state index is -3.62. The number of hydrogen-bond donors (Lipinski definition) is 1. The highest BCUT2D eigenvalue weighted by molar-refractivity contribution is 7.89. The Morgan fingerprint density at radius 1 is 1.21 bits per heavy atom. The fourth-order valence-electron chi connectivity index (χ4n) is 2.84. The van der Waals surface area contributed by atoms with Crippen molar-refractivity contribution in [2.45, 2.75) is 64.0 Å². The van der Waals surface area contributed by atoms with Gasteiger partial charge in [-0.05, 0) is 44.2 Å². The smallest absolute Gasteiger partial charge is 0.287 e. The minimum absolute atomic E-state index is 0.0278. The van der Waals surface area contributed by atoms with E-state index in [9.17, 15) is 13.2 Å². The van der Waals surface area contributed by atoms with Crippen LogP contribution in [-0.4, -0.2) is 37.8 Å². The zero-order valence-corrected chi connectivity index (χ0v) is 15.6. The van der Waals surface area contributed by atoms with Gasteiger partial charge in [0.15, 0.2) is 5.76 Å². The monoisotopic (exact) mass is 356 g/mol. The van der Waals surface area contributed by atoms with E-state index in [-0.39, 0.29) is 22.8 Å². The molecule has 1 N–H and O–H groups in total.